The van der Waals surface area contributed by atoms with E-state index in [1.165, 1.54) is 21.4 Å². The van der Waals surface area contributed by atoms with Crippen molar-refractivity contribution in [3.63, 3.8) is 0 Å². The van der Waals surface area contributed by atoms with E-state index in [4.69, 9.17) is 11.6 Å². The smallest absolute Gasteiger partial charge is 0.150 e. The molecule has 0 unspecified atom stereocenters. The summed E-state index contributed by atoms with van der Waals surface area (Å²) in [6, 6.07) is 4.28. The highest BCUT2D eigenvalue weighted by atomic mass is 15.4. The van der Waals surface area contributed by atoms with Gasteiger partial charge < -0.3 is 11.6 Å². The van der Waals surface area contributed by atoms with Gasteiger partial charge in [0.25, 0.3) is 0 Å². The van der Waals surface area contributed by atoms with Gasteiger partial charge in [-0.2, -0.15) is 0 Å². The predicted molar refractivity (Wildman–Crippen MR) is 75.8 cm³/mol. The van der Waals surface area contributed by atoms with Crippen LogP contribution in [-0.4, -0.2) is 9.66 Å². The maximum Gasteiger partial charge on any atom is 0.150 e. The number of nitrogen functional groups attached to an aromatic ring is 2. The SMILES string of the molecule is CCc1nc(-c2c(C)cc(C)cc2C)c(N)n1N. The molecule has 1 heterocycles. The van der Waals surface area contributed by atoms with Crippen molar-refractivity contribution in [3.05, 3.63) is 34.6 Å². The zero-order valence-corrected chi connectivity index (χ0v) is 11.4. The minimum atomic E-state index is 0.530. The molecular weight excluding hydrogens is 224 g/mol. The molecular formula is C14H20N4. The number of aryl methyl sites for hydroxylation is 4. The van der Waals surface area contributed by atoms with Crippen molar-refractivity contribution < 1.29 is 0 Å². The second-order valence-corrected chi connectivity index (χ2v) is 4.76. The van der Waals surface area contributed by atoms with Crippen LogP contribution in [0.2, 0.25) is 0 Å². The summed E-state index contributed by atoms with van der Waals surface area (Å²) in [5.74, 6) is 7.25. The lowest BCUT2D eigenvalue weighted by molar-refractivity contribution is 0.865. The van der Waals surface area contributed by atoms with E-state index in [9.17, 15) is 0 Å². The van der Waals surface area contributed by atoms with Crippen molar-refractivity contribution in [2.45, 2.75) is 34.1 Å². The van der Waals surface area contributed by atoms with Crippen LogP contribution in [0.5, 0.6) is 0 Å². The molecule has 2 aromatic rings. The summed E-state index contributed by atoms with van der Waals surface area (Å²) in [7, 11) is 0. The molecule has 1 aromatic heterocycles. The molecule has 0 aliphatic rings. The second-order valence-electron chi connectivity index (χ2n) is 4.76. The Hall–Kier alpha value is -1.97. The fourth-order valence-electron chi connectivity index (χ4n) is 2.48. The Bertz CT molecular complexity index is 573. The van der Waals surface area contributed by atoms with Crippen LogP contribution < -0.4 is 11.6 Å². The molecule has 0 saturated carbocycles. The molecule has 4 heteroatoms. The van der Waals surface area contributed by atoms with Gasteiger partial charge in [0.1, 0.15) is 11.5 Å². The zero-order chi connectivity index (χ0) is 13.4. The minimum absolute atomic E-state index is 0.530. The zero-order valence-electron chi connectivity index (χ0n) is 11.4. The van der Waals surface area contributed by atoms with Gasteiger partial charge in [-0.15, -0.1) is 0 Å². The Morgan fingerprint density at radius 3 is 2.17 bits per heavy atom. The maximum atomic E-state index is 6.06. The molecule has 0 fully saturated rings. The lowest BCUT2D eigenvalue weighted by Gasteiger charge is -2.10. The molecule has 4 nitrogen and oxygen atoms in total. The molecule has 96 valence electrons. The Labute approximate surface area is 108 Å². The van der Waals surface area contributed by atoms with E-state index in [2.05, 4.69) is 37.9 Å². The average Bonchev–Trinajstić information content (AvgIpc) is 2.56. The van der Waals surface area contributed by atoms with Crippen molar-refractivity contribution >= 4 is 5.82 Å². The molecule has 0 amide bonds. The van der Waals surface area contributed by atoms with Gasteiger partial charge in [0, 0.05) is 12.0 Å². The predicted octanol–water partition coefficient (Wildman–Crippen LogP) is 2.33. The van der Waals surface area contributed by atoms with E-state index < -0.39 is 0 Å². The fourth-order valence-corrected chi connectivity index (χ4v) is 2.48. The highest BCUT2D eigenvalue weighted by molar-refractivity contribution is 5.76. The Kier molecular flexibility index (Phi) is 3.03. The largest absolute Gasteiger partial charge is 0.382 e. The van der Waals surface area contributed by atoms with E-state index in [1.54, 1.807) is 0 Å². The first kappa shape index (κ1) is 12.5. The molecule has 4 N–H and O–H groups in total. The first-order valence-electron chi connectivity index (χ1n) is 6.16. The number of anilines is 1. The van der Waals surface area contributed by atoms with E-state index in [-0.39, 0.29) is 0 Å². The van der Waals surface area contributed by atoms with Gasteiger partial charge in [0.05, 0.1) is 0 Å². The monoisotopic (exact) mass is 244 g/mol. The molecule has 0 aliphatic carbocycles. The van der Waals surface area contributed by atoms with Crippen LogP contribution in [0.25, 0.3) is 11.3 Å². The summed E-state index contributed by atoms with van der Waals surface area (Å²) in [5, 5.41) is 0. The van der Waals surface area contributed by atoms with Crippen molar-refractivity contribution in [3.8, 4) is 11.3 Å². The van der Waals surface area contributed by atoms with Gasteiger partial charge in [-0.05, 0) is 31.9 Å². The van der Waals surface area contributed by atoms with Crippen molar-refractivity contribution in [2.24, 2.45) is 0 Å². The highest BCUT2D eigenvalue weighted by Crippen LogP contribution is 2.31. The van der Waals surface area contributed by atoms with E-state index in [0.29, 0.717) is 5.82 Å². The van der Waals surface area contributed by atoms with Crippen LogP contribution in [0.1, 0.15) is 29.4 Å². The lowest BCUT2D eigenvalue weighted by atomic mass is 9.97. The molecule has 1 aromatic carbocycles. The van der Waals surface area contributed by atoms with Gasteiger partial charge in [-0.3, -0.25) is 0 Å². The van der Waals surface area contributed by atoms with Gasteiger partial charge in [-0.1, -0.05) is 24.6 Å². The topological polar surface area (TPSA) is 69.9 Å². The van der Waals surface area contributed by atoms with Crippen molar-refractivity contribution in [1.82, 2.24) is 9.66 Å². The molecule has 0 atom stereocenters. The number of hydrogen-bond acceptors (Lipinski definition) is 3. The number of imidazole rings is 1. The number of hydrogen-bond donors (Lipinski definition) is 2. The quantitative estimate of drug-likeness (QED) is 0.797. The number of nitrogens with zero attached hydrogens (tertiary/aromatic N) is 2. The van der Waals surface area contributed by atoms with Crippen molar-refractivity contribution in [2.75, 3.05) is 11.6 Å². The maximum absolute atomic E-state index is 6.06. The van der Waals surface area contributed by atoms with Gasteiger partial charge in [0.15, 0.2) is 5.82 Å². The first-order chi connectivity index (χ1) is 8.45. The summed E-state index contributed by atoms with van der Waals surface area (Å²) in [6.07, 6.45) is 0.769. The first-order valence-corrected chi connectivity index (χ1v) is 6.16. The molecule has 0 saturated heterocycles. The highest BCUT2D eigenvalue weighted by Gasteiger charge is 2.17. The molecule has 0 aliphatic heterocycles. The Balaban J connectivity index is 2.70. The Morgan fingerprint density at radius 1 is 1.17 bits per heavy atom. The van der Waals surface area contributed by atoms with Crippen LogP contribution in [0.3, 0.4) is 0 Å². The standard InChI is InChI=1S/C14H20N4/c1-5-11-17-13(14(15)18(11)16)12-9(3)6-8(2)7-10(12)4/h6-7H,5,15-16H2,1-4H3. The summed E-state index contributed by atoms with van der Waals surface area (Å²) in [6.45, 7) is 8.27. The van der Waals surface area contributed by atoms with Crippen LogP contribution in [0.15, 0.2) is 12.1 Å². The Morgan fingerprint density at radius 2 is 1.72 bits per heavy atom. The number of rotatable bonds is 2. The molecule has 0 bridgehead atoms. The van der Waals surface area contributed by atoms with Crippen molar-refractivity contribution in [1.29, 1.82) is 0 Å². The lowest BCUT2D eigenvalue weighted by Crippen LogP contribution is -2.14. The van der Waals surface area contributed by atoms with Gasteiger partial charge in [0.2, 0.25) is 0 Å². The fraction of sp³-hybridized carbons (Fsp3) is 0.357. The van der Waals surface area contributed by atoms with E-state index in [0.717, 1.165) is 23.5 Å². The van der Waals surface area contributed by atoms with Crippen LogP contribution in [0, 0.1) is 20.8 Å². The number of benzene rings is 1. The normalized spacial score (nSPS) is 10.9. The molecule has 18 heavy (non-hydrogen) atoms. The summed E-state index contributed by atoms with van der Waals surface area (Å²) in [5.41, 5.74) is 11.6. The van der Waals surface area contributed by atoms with E-state index >= 15 is 0 Å². The van der Waals surface area contributed by atoms with Gasteiger partial charge in [-0.25, -0.2) is 9.66 Å². The third kappa shape index (κ3) is 1.83. The van der Waals surface area contributed by atoms with E-state index in [1.807, 2.05) is 6.92 Å². The number of aromatic nitrogens is 2. The summed E-state index contributed by atoms with van der Waals surface area (Å²) >= 11 is 0. The van der Waals surface area contributed by atoms with Crippen LogP contribution in [-0.2, 0) is 6.42 Å². The average molecular weight is 244 g/mol. The molecule has 2 rings (SSSR count). The van der Waals surface area contributed by atoms with Gasteiger partial charge >= 0.3 is 0 Å². The van der Waals surface area contributed by atoms with Crippen LogP contribution in [0.4, 0.5) is 5.82 Å². The molecule has 0 spiro atoms. The molecule has 0 radical (unpaired) electrons. The third-order valence-electron chi connectivity index (χ3n) is 3.25. The third-order valence-corrected chi connectivity index (χ3v) is 3.25. The summed E-state index contributed by atoms with van der Waals surface area (Å²) in [4.78, 5) is 4.56. The second kappa shape index (κ2) is 4.37. The summed E-state index contributed by atoms with van der Waals surface area (Å²) < 4.78 is 1.48. The number of nitrogens with two attached hydrogens (primary N) is 2. The minimum Gasteiger partial charge on any atom is -0.382 e. The van der Waals surface area contributed by atoms with Crippen LogP contribution >= 0.6 is 0 Å².